The maximum absolute atomic E-state index is 12.6. The first-order valence-electron chi connectivity index (χ1n) is 6.05. The predicted octanol–water partition coefficient (Wildman–Crippen LogP) is 1.45. The van der Waals surface area contributed by atoms with E-state index in [1.54, 1.807) is 0 Å². The molecule has 0 aliphatic rings. The fourth-order valence-electron chi connectivity index (χ4n) is 1.66. The number of ether oxygens (including phenoxy) is 1. The molecule has 0 unspecified atom stereocenters. The summed E-state index contributed by atoms with van der Waals surface area (Å²) in [5, 5.41) is 5.00. The molecule has 0 aromatic heterocycles. The van der Waals surface area contributed by atoms with Crippen LogP contribution in [0.25, 0.3) is 0 Å². The molecule has 2 N–H and O–H groups in total. The number of halogens is 3. The molecule has 0 spiro atoms. The largest absolute Gasteiger partial charge is 0.383 e. The number of nitrogens with two attached hydrogens (primary N) is 1. The number of benzene rings is 1. The van der Waals surface area contributed by atoms with E-state index in [0.717, 1.165) is 11.0 Å². The summed E-state index contributed by atoms with van der Waals surface area (Å²) in [4.78, 5) is 13.0. The second-order valence-corrected chi connectivity index (χ2v) is 6.74. The van der Waals surface area contributed by atoms with Gasteiger partial charge in [-0.05, 0) is 34.1 Å². The van der Waals surface area contributed by atoms with Crippen LogP contribution >= 0.6 is 15.9 Å². The lowest BCUT2D eigenvalue weighted by Crippen LogP contribution is -2.37. The van der Waals surface area contributed by atoms with E-state index >= 15 is 0 Å². The molecule has 1 amide bonds. The third-order valence-electron chi connectivity index (χ3n) is 2.71. The van der Waals surface area contributed by atoms with Crippen LogP contribution in [0.1, 0.15) is 10.4 Å². The van der Waals surface area contributed by atoms with Crippen molar-refractivity contribution in [1.82, 2.24) is 4.90 Å². The summed E-state index contributed by atoms with van der Waals surface area (Å²) in [6.45, 7) is -0.759. The summed E-state index contributed by atoms with van der Waals surface area (Å²) in [5.74, 6) is -0.741. The van der Waals surface area contributed by atoms with Crippen LogP contribution in [-0.2, 0) is 14.8 Å². The van der Waals surface area contributed by atoms with E-state index < -0.39 is 28.9 Å². The molecule has 0 saturated heterocycles. The average Bonchev–Trinajstić information content (AvgIpc) is 2.41. The first-order valence-corrected chi connectivity index (χ1v) is 8.39. The Kier molecular flexibility index (Phi) is 6.85. The number of sulfonamides is 1. The molecule has 124 valence electrons. The number of methoxy groups -OCH3 is 1. The molecule has 1 aromatic carbocycles. The van der Waals surface area contributed by atoms with Crippen LogP contribution in [-0.4, -0.2) is 52.5 Å². The van der Waals surface area contributed by atoms with Gasteiger partial charge in [-0.3, -0.25) is 4.79 Å². The lowest BCUT2D eigenvalue weighted by molar-refractivity contribution is 0.0477. The van der Waals surface area contributed by atoms with Crippen molar-refractivity contribution in [1.29, 1.82) is 0 Å². The van der Waals surface area contributed by atoms with Gasteiger partial charge in [-0.25, -0.2) is 22.3 Å². The summed E-state index contributed by atoms with van der Waals surface area (Å²) < 4.78 is 52.9. The van der Waals surface area contributed by atoms with Crippen LogP contribution in [0.15, 0.2) is 27.6 Å². The second kappa shape index (κ2) is 7.95. The topological polar surface area (TPSA) is 89.7 Å². The van der Waals surface area contributed by atoms with E-state index in [1.807, 2.05) is 0 Å². The van der Waals surface area contributed by atoms with Gasteiger partial charge in [0.2, 0.25) is 10.0 Å². The summed E-state index contributed by atoms with van der Waals surface area (Å²) >= 11 is 3.10. The normalized spacial score (nSPS) is 11.7. The van der Waals surface area contributed by atoms with Crippen molar-refractivity contribution in [3.05, 3.63) is 28.2 Å². The number of hydrogen-bond acceptors (Lipinski definition) is 4. The highest BCUT2D eigenvalue weighted by atomic mass is 79.9. The molecule has 1 aromatic rings. The lowest BCUT2D eigenvalue weighted by atomic mass is 10.2. The molecular formula is C12H15BrF2N2O4S. The average molecular weight is 401 g/mol. The standard InChI is InChI=1S/C12H15BrF2N2O4S/c1-21-5-4-17(7-11(14)15)12(18)9-6-8(22(16,19)20)2-3-10(9)13/h2-3,6,11H,4-5,7H2,1H3,(H2,16,19,20). The number of amides is 1. The van der Waals surface area contributed by atoms with Crippen molar-refractivity contribution in [3.8, 4) is 0 Å². The van der Waals surface area contributed by atoms with E-state index in [2.05, 4.69) is 15.9 Å². The Morgan fingerprint density at radius 2 is 2.09 bits per heavy atom. The molecule has 0 fully saturated rings. The van der Waals surface area contributed by atoms with Crippen LogP contribution in [0.3, 0.4) is 0 Å². The Labute approximate surface area is 135 Å². The maximum atomic E-state index is 12.6. The van der Waals surface area contributed by atoms with Gasteiger partial charge >= 0.3 is 0 Å². The smallest absolute Gasteiger partial charge is 0.255 e. The second-order valence-electron chi connectivity index (χ2n) is 4.32. The number of alkyl halides is 2. The van der Waals surface area contributed by atoms with E-state index in [9.17, 15) is 22.0 Å². The van der Waals surface area contributed by atoms with Gasteiger partial charge in [-0.1, -0.05) is 0 Å². The number of primary sulfonamides is 1. The van der Waals surface area contributed by atoms with Gasteiger partial charge in [-0.15, -0.1) is 0 Å². The zero-order chi connectivity index (χ0) is 16.9. The molecular weight excluding hydrogens is 386 g/mol. The number of hydrogen-bond donors (Lipinski definition) is 1. The highest BCUT2D eigenvalue weighted by Crippen LogP contribution is 2.22. The Morgan fingerprint density at radius 3 is 2.59 bits per heavy atom. The van der Waals surface area contributed by atoms with Crippen molar-refractivity contribution in [2.75, 3.05) is 26.8 Å². The summed E-state index contributed by atoms with van der Waals surface area (Å²) in [7, 11) is -2.63. The predicted molar refractivity (Wildman–Crippen MR) is 79.3 cm³/mol. The Morgan fingerprint density at radius 1 is 1.45 bits per heavy atom. The number of rotatable bonds is 7. The number of carbonyl (C=O) groups excluding carboxylic acids is 1. The summed E-state index contributed by atoms with van der Waals surface area (Å²) in [6.07, 6.45) is -2.72. The molecule has 0 saturated carbocycles. The quantitative estimate of drug-likeness (QED) is 0.749. The Bertz CT molecular complexity index is 640. The van der Waals surface area contributed by atoms with Gasteiger partial charge in [-0.2, -0.15) is 0 Å². The van der Waals surface area contributed by atoms with E-state index in [0.29, 0.717) is 0 Å². The van der Waals surface area contributed by atoms with Crippen LogP contribution in [0.4, 0.5) is 8.78 Å². The van der Waals surface area contributed by atoms with Gasteiger partial charge in [0.05, 0.1) is 23.6 Å². The summed E-state index contributed by atoms with van der Waals surface area (Å²) in [5.41, 5.74) is -0.0664. The Hall–Kier alpha value is -1.10. The van der Waals surface area contributed by atoms with Crippen molar-refractivity contribution >= 4 is 31.9 Å². The third kappa shape index (κ3) is 5.27. The Balaban J connectivity index is 3.17. The first-order chi connectivity index (χ1) is 10.2. The van der Waals surface area contributed by atoms with E-state index in [4.69, 9.17) is 9.88 Å². The van der Waals surface area contributed by atoms with E-state index in [-0.39, 0.29) is 28.1 Å². The maximum Gasteiger partial charge on any atom is 0.255 e. The molecule has 1 rings (SSSR count). The zero-order valence-electron chi connectivity index (χ0n) is 11.6. The minimum absolute atomic E-state index is 0.0499. The third-order valence-corrected chi connectivity index (χ3v) is 4.31. The first kappa shape index (κ1) is 18.9. The van der Waals surface area contributed by atoms with Gasteiger partial charge < -0.3 is 9.64 Å². The van der Waals surface area contributed by atoms with Crippen LogP contribution in [0.2, 0.25) is 0 Å². The fraction of sp³-hybridized carbons (Fsp3) is 0.417. The van der Waals surface area contributed by atoms with Gasteiger partial charge in [0.1, 0.15) is 0 Å². The molecule has 10 heteroatoms. The van der Waals surface area contributed by atoms with Gasteiger partial charge in [0.15, 0.2) is 0 Å². The minimum Gasteiger partial charge on any atom is -0.383 e. The van der Waals surface area contributed by atoms with Crippen LogP contribution in [0, 0.1) is 0 Å². The van der Waals surface area contributed by atoms with Crippen molar-refractivity contribution in [2.45, 2.75) is 11.3 Å². The molecule has 6 nitrogen and oxygen atoms in total. The molecule has 0 radical (unpaired) electrons. The summed E-state index contributed by atoms with van der Waals surface area (Å²) in [6, 6.07) is 3.58. The number of nitrogens with zero attached hydrogens (tertiary/aromatic N) is 1. The zero-order valence-corrected chi connectivity index (χ0v) is 14.0. The highest BCUT2D eigenvalue weighted by molar-refractivity contribution is 9.10. The molecule has 0 heterocycles. The molecule has 0 aliphatic heterocycles. The lowest BCUT2D eigenvalue weighted by Gasteiger charge is -2.22. The van der Waals surface area contributed by atoms with Crippen LogP contribution < -0.4 is 5.14 Å². The monoisotopic (exact) mass is 400 g/mol. The molecule has 0 bridgehead atoms. The van der Waals surface area contributed by atoms with Gasteiger partial charge in [0, 0.05) is 18.1 Å². The van der Waals surface area contributed by atoms with Crippen molar-refractivity contribution < 1.29 is 26.7 Å². The fourth-order valence-corrected chi connectivity index (χ4v) is 2.62. The molecule has 0 aliphatic carbocycles. The molecule has 22 heavy (non-hydrogen) atoms. The highest BCUT2D eigenvalue weighted by Gasteiger charge is 2.23. The van der Waals surface area contributed by atoms with Crippen molar-refractivity contribution in [2.24, 2.45) is 5.14 Å². The minimum atomic E-state index is -4.01. The van der Waals surface area contributed by atoms with Crippen molar-refractivity contribution in [3.63, 3.8) is 0 Å². The number of carbonyl (C=O) groups is 1. The SMILES string of the molecule is COCCN(CC(F)F)C(=O)c1cc(S(N)(=O)=O)ccc1Br. The van der Waals surface area contributed by atoms with E-state index in [1.165, 1.54) is 19.2 Å². The molecule has 0 atom stereocenters. The van der Waals surface area contributed by atoms with Crippen LogP contribution in [0.5, 0.6) is 0 Å². The van der Waals surface area contributed by atoms with Gasteiger partial charge in [0.25, 0.3) is 12.3 Å².